The van der Waals surface area contributed by atoms with E-state index in [1.165, 1.54) is 0 Å². The van der Waals surface area contributed by atoms with Gasteiger partial charge in [0, 0.05) is 38.6 Å². The molecule has 0 bridgehead atoms. The fourth-order valence-electron chi connectivity index (χ4n) is 4.12. The van der Waals surface area contributed by atoms with E-state index in [0.29, 0.717) is 32.5 Å². The van der Waals surface area contributed by atoms with Gasteiger partial charge in [-0.1, -0.05) is 37.3 Å². The molecule has 2 saturated heterocycles. The van der Waals surface area contributed by atoms with E-state index in [-0.39, 0.29) is 30.4 Å². The fraction of sp³-hybridized carbons (Fsp3) is 0.571. The van der Waals surface area contributed by atoms with E-state index in [4.69, 9.17) is 0 Å². The number of carbonyl (C=O) groups excluding carboxylic acids is 2. The number of rotatable bonds is 5. The lowest BCUT2D eigenvalue weighted by atomic mass is 9.91. The number of carboxylic acid groups (broad SMARTS) is 1. The van der Waals surface area contributed by atoms with Crippen LogP contribution >= 0.6 is 0 Å². The summed E-state index contributed by atoms with van der Waals surface area (Å²) in [5.41, 5.74) is 1.15. The highest BCUT2D eigenvalue weighted by atomic mass is 16.4. The second-order valence-electron chi connectivity index (χ2n) is 8.04. The molecule has 3 rings (SSSR count). The number of urea groups is 1. The summed E-state index contributed by atoms with van der Waals surface area (Å²) in [6.45, 7) is 3.95. The van der Waals surface area contributed by atoms with Crippen molar-refractivity contribution in [3.8, 4) is 0 Å². The molecule has 28 heavy (non-hydrogen) atoms. The van der Waals surface area contributed by atoms with Gasteiger partial charge in [-0.2, -0.15) is 0 Å². The topological polar surface area (TPSA) is 89.9 Å². The van der Waals surface area contributed by atoms with Crippen molar-refractivity contribution in [2.75, 3.05) is 26.2 Å². The molecule has 0 aliphatic carbocycles. The number of carbonyl (C=O) groups is 3. The van der Waals surface area contributed by atoms with Gasteiger partial charge in [0.05, 0.1) is 5.92 Å². The first-order chi connectivity index (χ1) is 13.4. The van der Waals surface area contributed by atoms with Crippen molar-refractivity contribution in [3.63, 3.8) is 0 Å². The lowest BCUT2D eigenvalue weighted by molar-refractivity contribution is -0.143. The monoisotopic (exact) mass is 387 g/mol. The molecule has 3 atom stereocenters. The van der Waals surface area contributed by atoms with Crippen molar-refractivity contribution >= 4 is 17.9 Å². The summed E-state index contributed by atoms with van der Waals surface area (Å²) in [4.78, 5) is 39.7. The normalized spacial score (nSPS) is 24.8. The summed E-state index contributed by atoms with van der Waals surface area (Å²) in [7, 11) is 0. The standard InChI is InChI=1S/C21H29N3O4/c1-15-11-17(20(26)27)13-24(12-15)21(28)22-18-9-10-23(14-18)19(25)8-7-16-5-3-2-4-6-16/h2-6,15,17-18H,7-14H2,1H3,(H,22,28)(H,26,27). The molecule has 2 heterocycles. The van der Waals surface area contributed by atoms with E-state index >= 15 is 0 Å². The maximum Gasteiger partial charge on any atom is 0.317 e. The van der Waals surface area contributed by atoms with Crippen LogP contribution in [0.25, 0.3) is 0 Å². The first-order valence-corrected chi connectivity index (χ1v) is 10.0. The van der Waals surface area contributed by atoms with Crippen molar-refractivity contribution in [1.29, 1.82) is 0 Å². The van der Waals surface area contributed by atoms with Gasteiger partial charge in [-0.25, -0.2) is 4.79 Å². The van der Waals surface area contributed by atoms with Gasteiger partial charge < -0.3 is 20.2 Å². The number of hydrogen-bond donors (Lipinski definition) is 2. The van der Waals surface area contributed by atoms with Crippen molar-refractivity contribution in [3.05, 3.63) is 35.9 Å². The maximum atomic E-state index is 12.6. The fourth-order valence-corrected chi connectivity index (χ4v) is 4.12. The number of piperidine rings is 1. The van der Waals surface area contributed by atoms with Gasteiger partial charge in [-0.3, -0.25) is 9.59 Å². The molecule has 0 radical (unpaired) electrons. The molecule has 0 spiro atoms. The summed E-state index contributed by atoms with van der Waals surface area (Å²) in [6.07, 6.45) is 2.52. The zero-order valence-corrected chi connectivity index (χ0v) is 16.3. The van der Waals surface area contributed by atoms with Crippen LogP contribution in [0.5, 0.6) is 0 Å². The third kappa shape index (κ3) is 5.24. The minimum atomic E-state index is -0.847. The van der Waals surface area contributed by atoms with E-state index in [0.717, 1.165) is 18.4 Å². The third-order valence-corrected chi connectivity index (χ3v) is 5.64. The Hall–Kier alpha value is -2.57. The van der Waals surface area contributed by atoms with E-state index in [2.05, 4.69) is 5.32 Å². The number of amides is 3. The quantitative estimate of drug-likeness (QED) is 0.808. The second kappa shape index (κ2) is 9.08. The zero-order valence-electron chi connectivity index (χ0n) is 16.3. The van der Waals surface area contributed by atoms with Crippen LogP contribution in [0.15, 0.2) is 30.3 Å². The molecule has 7 nitrogen and oxygen atoms in total. The van der Waals surface area contributed by atoms with Crippen LogP contribution in [0, 0.1) is 11.8 Å². The number of nitrogens with one attached hydrogen (secondary N) is 1. The molecule has 3 unspecified atom stereocenters. The van der Waals surface area contributed by atoms with Gasteiger partial charge >= 0.3 is 12.0 Å². The summed E-state index contributed by atoms with van der Waals surface area (Å²) in [5, 5.41) is 12.3. The van der Waals surface area contributed by atoms with Crippen LogP contribution in [0.2, 0.25) is 0 Å². The second-order valence-corrected chi connectivity index (χ2v) is 8.04. The average molecular weight is 387 g/mol. The summed E-state index contributed by atoms with van der Waals surface area (Å²) in [6, 6.07) is 9.64. The van der Waals surface area contributed by atoms with E-state index in [1.807, 2.05) is 42.2 Å². The smallest absolute Gasteiger partial charge is 0.317 e. The predicted octanol–water partition coefficient (Wildman–Crippen LogP) is 1.97. The number of carboxylic acids is 1. The van der Waals surface area contributed by atoms with Crippen molar-refractivity contribution in [1.82, 2.24) is 15.1 Å². The lowest BCUT2D eigenvalue weighted by Crippen LogP contribution is -2.52. The molecular weight excluding hydrogens is 358 g/mol. The molecule has 2 fully saturated rings. The third-order valence-electron chi connectivity index (χ3n) is 5.64. The molecule has 1 aromatic rings. The van der Waals surface area contributed by atoms with Gasteiger partial charge in [-0.15, -0.1) is 0 Å². The molecular formula is C21H29N3O4. The van der Waals surface area contributed by atoms with Gasteiger partial charge in [0.1, 0.15) is 0 Å². The SMILES string of the molecule is CC1CC(C(=O)O)CN(C(=O)NC2CCN(C(=O)CCc3ccccc3)C2)C1. The zero-order chi connectivity index (χ0) is 20.1. The highest BCUT2D eigenvalue weighted by Gasteiger charge is 2.34. The first-order valence-electron chi connectivity index (χ1n) is 10.0. The molecule has 0 saturated carbocycles. The minimum absolute atomic E-state index is 0.0753. The Balaban J connectivity index is 1.45. The Morgan fingerprint density at radius 3 is 2.57 bits per heavy atom. The highest BCUT2D eigenvalue weighted by molar-refractivity contribution is 5.78. The molecule has 0 aromatic heterocycles. The van der Waals surface area contributed by atoms with Crippen molar-refractivity contribution in [2.24, 2.45) is 11.8 Å². The number of aliphatic carboxylic acids is 1. The summed E-state index contributed by atoms with van der Waals surface area (Å²) < 4.78 is 0. The molecule has 2 aliphatic heterocycles. The number of likely N-dealkylation sites (tertiary alicyclic amines) is 2. The highest BCUT2D eigenvalue weighted by Crippen LogP contribution is 2.22. The largest absolute Gasteiger partial charge is 0.481 e. The van der Waals surface area contributed by atoms with E-state index < -0.39 is 11.9 Å². The van der Waals surface area contributed by atoms with Crippen molar-refractivity contribution in [2.45, 2.75) is 38.6 Å². The Labute approximate surface area is 165 Å². The van der Waals surface area contributed by atoms with Crippen molar-refractivity contribution < 1.29 is 19.5 Å². The van der Waals surface area contributed by atoms with E-state index in [1.54, 1.807) is 4.90 Å². The Morgan fingerprint density at radius 1 is 1.11 bits per heavy atom. The molecule has 1 aromatic carbocycles. The number of benzene rings is 1. The Bertz CT molecular complexity index is 709. The number of hydrogen-bond acceptors (Lipinski definition) is 3. The minimum Gasteiger partial charge on any atom is -0.481 e. The molecule has 152 valence electrons. The maximum absolute atomic E-state index is 12.6. The van der Waals surface area contributed by atoms with Crippen LogP contribution in [0.3, 0.4) is 0 Å². The van der Waals surface area contributed by atoms with Crippen LogP contribution < -0.4 is 5.32 Å². The lowest BCUT2D eigenvalue weighted by Gasteiger charge is -2.35. The summed E-state index contributed by atoms with van der Waals surface area (Å²) in [5.74, 6) is -1.08. The molecule has 2 N–H and O–H groups in total. The molecule has 7 heteroatoms. The molecule has 3 amide bonds. The van der Waals surface area contributed by atoms with Gasteiger partial charge in [0.15, 0.2) is 0 Å². The van der Waals surface area contributed by atoms with E-state index in [9.17, 15) is 19.5 Å². The Kier molecular flexibility index (Phi) is 6.54. The van der Waals surface area contributed by atoms with Crippen LogP contribution in [-0.2, 0) is 16.0 Å². The van der Waals surface area contributed by atoms with Gasteiger partial charge in [0.25, 0.3) is 0 Å². The average Bonchev–Trinajstić information content (AvgIpc) is 3.15. The first kappa shape index (κ1) is 20.2. The molecule has 2 aliphatic rings. The predicted molar refractivity (Wildman–Crippen MR) is 105 cm³/mol. The van der Waals surface area contributed by atoms with Crippen LogP contribution in [-0.4, -0.2) is 65.0 Å². The number of nitrogens with zero attached hydrogens (tertiary/aromatic N) is 2. The van der Waals surface area contributed by atoms with Crippen LogP contribution in [0.1, 0.15) is 31.7 Å². The number of aryl methyl sites for hydroxylation is 1. The van der Waals surface area contributed by atoms with Gasteiger partial charge in [0.2, 0.25) is 5.91 Å². The summed E-state index contributed by atoms with van der Waals surface area (Å²) >= 11 is 0. The van der Waals surface area contributed by atoms with Gasteiger partial charge in [-0.05, 0) is 30.7 Å². The van der Waals surface area contributed by atoms with Crippen LogP contribution in [0.4, 0.5) is 4.79 Å². The Morgan fingerprint density at radius 2 is 1.86 bits per heavy atom.